The third kappa shape index (κ3) is 3.95. The third-order valence-corrected chi connectivity index (χ3v) is 3.66. The number of hydrogen-bond donors (Lipinski definition) is 2. The van der Waals surface area contributed by atoms with Gasteiger partial charge in [-0.1, -0.05) is 12.1 Å². The van der Waals surface area contributed by atoms with Gasteiger partial charge in [-0.2, -0.15) is 0 Å². The predicted octanol–water partition coefficient (Wildman–Crippen LogP) is 1.29. The number of amides is 1. The van der Waals surface area contributed by atoms with E-state index in [0.717, 1.165) is 38.2 Å². The first-order valence-electron chi connectivity index (χ1n) is 7.17. The number of piperidine rings is 1. The second-order valence-corrected chi connectivity index (χ2v) is 5.16. The maximum Gasteiger partial charge on any atom is 0.238 e. The zero-order chi connectivity index (χ0) is 14.4. The number of nitrogens with one attached hydrogen (secondary N) is 1. The number of hydrogen-bond acceptors (Lipinski definition) is 4. The number of nitrogens with two attached hydrogens (primary N) is 1. The molecule has 20 heavy (non-hydrogen) atoms. The molecular weight excluding hydrogens is 254 g/mol. The molecule has 5 nitrogen and oxygen atoms in total. The van der Waals surface area contributed by atoms with Gasteiger partial charge >= 0.3 is 0 Å². The summed E-state index contributed by atoms with van der Waals surface area (Å²) in [6, 6.07) is 8.15. The number of likely N-dealkylation sites (tertiary alicyclic amines) is 1. The molecule has 1 saturated heterocycles. The minimum Gasteiger partial charge on any atom is -0.494 e. The highest BCUT2D eigenvalue weighted by Gasteiger charge is 2.25. The Morgan fingerprint density at radius 3 is 2.85 bits per heavy atom. The molecule has 110 valence electrons. The minimum atomic E-state index is -0.0543. The van der Waals surface area contributed by atoms with Crippen LogP contribution in [0.15, 0.2) is 24.3 Å². The van der Waals surface area contributed by atoms with E-state index in [1.807, 2.05) is 19.1 Å². The summed E-state index contributed by atoms with van der Waals surface area (Å²) in [4.78, 5) is 13.9. The van der Waals surface area contributed by atoms with Crippen molar-refractivity contribution >= 4 is 5.91 Å². The molecule has 0 radical (unpaired) electrons. The molecule has 1 fully saturated rings. The minimum absolute atomic E-state index is 0.0106. The fourth-order valence-corrected chi connectivity index (χ4v) is 2.65. The Morgan fingerprint density at radius 1 is 1.45 bits per heavy atom. The van der Waals surface area contributed by atoms with Gasteiger partial charge in [0.1, 0.15) is 5.75 Å². The van der Waals surface area contributed by atoms with Crippen molar-refractivity contribution in [2.75, 3.05) is 19.7 Å². The number of rotatable bonds is 5. The van der Waals surface area contributed by atoms with Gasteiger partial charge in [-0.25, -0.2) is 5.84 Å². The van der Waals surface area contributed by atoms with E-state index in [2.05, 4.69) is 22.5 Å². The van der Waals surface area contributed by atoms with Crippen LogP contribution in [-0.4, -0.2) is 30.5 Å². The lowest BCUT2D eigenvalue weighted by Gasteiger charge is -2.31. The fraction of sp³-hybridized carbons (Fsp3) is 0.533. The first kappa shape index (κ1) is 14.8. The van der Waals surface area contributed by atoms with Crippen LogP contribution < -0.4 is 16.0 Å². The van der Waals surface area contributed by atoms with E-state index in [4.69, 9.17) is 10.6 Å². The zero-order valence-electron chi connectivity index (χ0n) is 12.0. The van der Waals surface area contributed by atoms with Crippen molar-refractivity contribution in [1.29, 1.82) is 0 Å². The highest BCUT2D eigenvalue weighted by atomic mass is 16.5. The van der Waals surface area contributed by atoms with Gasteiger partial charge in [0.2, 0.25) is 5.91 Å². The Labute approximate surface area is 120 Å². The van der Waals surface area contributed by atoms with Gasteiger partial charge in [0.05, 0.1) is 12.5 Å². The number of carbonyl (C=O) groups is 1. The highest BCUT2D eigenvalue weighted by Crippen LogP contribution is 2.20. The standard InChI is InChI=1S/C15H23N3O2/c1-2-20-14-7-5-12(6-8-14)10-18-9-3-4-13(11-18)15(19)17-16/h5-8,13H,2-4,9-11,16H2,1H3,(H,17,19)/t13-/m1/s1. The molecule has 0 aliphatic carbocycles. The van der Waals surface area contributed by atoms with Crippen LogP contribution in [0.4, 0.5) is 0 Å². The van der Waals surface area contributed by atoms with Gasteiger partial charge in [-0.05, 0) is 44.0 Å². The number of nitrogens with zero attached hydrogens (tertiary/aromatic N) is 1. The van der Waals surface area contributed by atoms with E-state index in [9.17, 15) is 4.79 Å². The third-order valence-electron chi connectivity index (χ3n) is 3.66. The number of carbonyl (C=O) groups excluding carboxylic acids is 1. The monoisotopic (exact) mass is 277 g/mol. The summed E-state index contributed by atoms with van der Waals surface area (Å²) >= 11 is 0. The van der Waals surface area contributed by atoms with Gasteiger partial charge in [-0.15, -0.1) is 0 Å². The summed E-state index contributed by atoms with van der Waals surface area (Å²) in [5.41, 5.74) is 3.50. The van der Waals surface area contributed by atoms with Crippen LogP contribution in [0.25, 0.3) is 0 Å². The molecule has 3 N–H and O–H groups in total. The summed E-state index contributed by atoms with van der Waals surface area (Å²) in [5, 5.41) is 0. The Balaban J connectivity index is 1.90. The maximum absolute atomic E-state index is 11.6. The van der Waals surface area contributed by atoms with Crippen molar-refractivity contribution in [3.8, 4) is 5.75 Å². The second kappa shape index (κ2) is 7.26. The van der Waals surface area contributed by atoms with Crippen molar-refractivity contribution in [3.63, 3.8) is 0 Å². The van der Waals surface area contributed by atoms with Gasteiger partial charge < -0.3 is 4.74 Å². The normalized spacial score (nSPS) is 19.6. The van der Waals surface area contributed by atoms with Gasteiger partial charge in [-0.3, -0.25) is 15.1 Å². The molecule has 1 heterocycles. The molecule has 0 saturated carbocycles. The Kier molecular flexibility index (Phi) is 5.38. The van der Waals surface area contributed by atoms with Crippen LogP contribution in [0.1, 0.15) is 25.3 Å². The van der Waals surface area contributed by atoms with E-state index in [1.165, 1.54) is 5.56 Å². The molecule has 1 aliphatic heterocycles. The summed E-state index contributed by atoms with van der Waals surface area (Å²) in [7, 11) is 0. The van der Waals surface area contributed by atoms with Crippen LogP contribution >= 0.6 is 0 Å². The van der Waals surface area contributed by atoms with E-state index in [-0.39, 0.29) is 11.8 Å². The molecule has 0 bridgehead atoms. The van der Waals surface area contributed by atoms with Crippen molar-refractivity contribution in [2.45, 2.75) is 26.3 Å². The Bertz CT molecular complexity index is 433. The highest BCUT2D eigenvalue weighted by molar-refractivity contribution is 5.78. The molecule has 0 spiro atoms. The number of benzene rings is 1. The summed E-state index contributed by atoms with van der Waals surface area (Å²) in [6.45, 7) is 5.32. The molecule has 1 amide bonds. The lowest BCUT2D eigenvalue weighted by Crippen LogP contribution is -2.44. The molecule has 1 aromatic rings. The van der Waals surface area contributed by atoms with Gasteiger partial charge in [0.25, 0.3) is 0 Å². The number of hydrazine groups is 1. The van der Waals surface area contributed by atoms with Crippen LogP contribution in [0, 0.1) is 5.92 Å². The van der Waals surface area contributed by atoms with Crippen molar-refractivity contribution in [1.82, 2.24) is 10.3 Å². The molecular formula is C15H23N3O2. The van der Waals surface area contributed by atoms with Gasteiger partial charge in [0.15, 0.2) is 0 Å². The molecule has 5 heteroatoms. The molecule has 1 atom stereocenters. The smallest absolute Gasteiger partial charge is 0.238 e. The summed E-state index contributed by atoms with van der Waals surface area (Å²) in [6.07, 6.45) is 1.96. The van der Waals surface area contributed by atoms with E-state index in [0.29, 0.717) is 6.61 Å². The van der Waals surface area contributed by atoms with Crippen LogP contribution in [0.2, 0.25) is 0 Å². The molecule has 0 unspecified atom stereocenters. The van der Waals surface area contributed by atoms with Gasteiger partial charge in [0, 0.05) is 13.1 Å². The van der Waals surface area contributed by atoms with Crippen molar-refractivity contribution in [3.05, 3.63) is 29.8 Å². The molecule has 1 aliphatic rings. The first-order valence-corrected chi connectivity index (χ1v) is 7.17. The zero-order valence-corrected chi connectivity index (χ0v) is 12.0. The predicted molar refractivity (Wildman–Crippen MR) is 77.9 cm³/mol. The molecule has 2 rings (SSSR count). The van der Waals surface area contributed by atoms with E-state index >= 15 is 0 Å². The maximum atomic E-state index is 11.6. The quantitative estimate of drug-likeness (QED) is 0.483. The lowest BCUT2D eigenvalue weighted by atomic mass is 9.97. The van der Waals surface area contributed by atoms with Crippen LogP contribution in [-0.2, 0) is 11.3 Å². The van der Waals surface area contributed by atoms with Crippen LogP contribution in [0.3, 0.4) is 0 Å². The largest absolute Gasteiger partial charge is 0.494 e. The number of ether oxygens (including phenoxy) is 1. The average molecular weight is 277 g/mol. The SMILES string of the molecule is CCOc1ccc(CN2CCC[C@@H](C(=O)NN)C2)cc1. The van der Waals surface area contributed by atoms with Crippen LogP contribution in [0.5, 0.6) is 5.75 Å². The lowest BCUT2D eigenvalue weighted by molar-refractivity contribution is -0.126. The van der Waals surface area contributed by atoms with Crippen molar-refractivity contribution < 1.29 is 9.53 Å². The second-order valence-electron chi connectivity index (χ2n) is 5.16. The van der Waals surface area contributed by atoms with Crippen molar-refractivity contribution in [2.24, 2.45) is 11.8 Å². The Hall–Kier alpha value is -1.59. The average Bonchev–Trinajstić information content (AvgIpc) is 2.49. The molecule has 0 aromatic heterocycles. The molecule has 1 aromatic carbocycles. The van der Waals surface area contributed by atoms with E-state index in [1.54, 1.807) is 0 Å². The topological polar surface area (TPSA) is 67.6 Å². The van der Waals surface area contributed by atoms with E-state index < -0.39 is 0 Å². The first-order chi connectivity index (χ1) is 9.72. The summed E-state index contributed by atoms with van der Waals surface area (Å²) in [5.74, 6) is 6.07. The summed E-state index contributed by atoms with van der Waals surface area (Å²) < 4.78 is 5.43. The Morgan fingerprint density at radius 2 is 2.20 bits per heavy atom. The fourth-order valence-electron chi connectivity index (χ4n) is 2.65.